The van der Waals surface area contributed by atoms with Crippen LogP contribution in [0.25, 0.3) is 33.1 Å². The molecule has 7 heteroatoms. The number of fused-ring (bicyclic) bond motifs is 2. The van der Waals surface area contributed by atoms with Gasteiger partial charge in [0.2, 0.25) is 5.95 Å². The fourth-order valence-electron chi connectivity index (χ4n) is 3.56. The van der Waals surface area contributed by atoms with E-state index in [-0.39, 0.29) is 11.9 Å². The molecule has 0 spiro atoms. The lowest BCUT2D eigenvalue weighted by Crippen LogP contribution is -2.12. The number of nitrogen functional groups attached to an aromatic ring is 1. The first-order chi connectivity index (χ1) is 14.6. The fourth-order valence-corrected chi connectivity index (χ4v) is 3.73. The third kappa shape index (κ3) is 3.23. The van der Waals surface area contributed by atoms with E-state index in [9.17, 15) is 4.79 Å². The van der Waals surface area contributed by atoms with Crippen molar-refractivity contribution in [2.24, 2.45) is 0 Å². The number of aromatic amines is 1. The van der Waals surface area contributed by atoms with E-state index in [2.05, 4.69) is 20.3 Å². The Morgan fingerprint density at radius 1 is 1.00 bits per heavy atom. The molecule has 5 aromatic rings. The molecule has 4 N–H and O–H groups in total. The molecule has 146 valence electrons. The van der Waals surface area contributed by atoms with Crippen LogP contribution in [-0.4, -0.2) is 20.9 Å². The van der Waals surface area contributed by atoms with Gasteiger partial charge in [0.05, 0.1) is 22.3 Å². The van der Waals surface area contributed by atoms with Crippen LogP contribution in [-0.2, 0) is 0 Å². The number of anilines is 2. The van der Waals surface area contributed by atoms with Crippen LogP contribution in [0.2, 0.25) is 5.02 Å². The lowest BCUT2D eigenvalue weighted by molar-refractivity contribution is 0.102. The van der Waals surface area contributed by atoms with Crippen molar-refractivity contribution in [3.05, 3.63) is 83.5 Å². The average molecular weight is 414 g/mol. The minimum absolute atomic E-state index is 0.174. The van der Waals surface area contributed by atoms with E-state index in [0.717, 1.165) is 21.9 Å². The maximum atomic E-state index is 12.9. The Morgan fingerprint density at radius 2 is 1.87 bits per heavy atom. The maximum absolute atomic E-state index is 12.9. The fraction of sp³-hybridized carbons (Fsp3) is 0. The van der Waals surface area contributed by atoms with Gasteiger partial charge in [-0.05, 0) is 42.5 Å². The van der Waals surface area contributed by atoms with E-state index in [4.69, 9.17) is 17.3 Å². The molecule has 0 unspecified atom stereocenters. The Bertz CT molecular complexity index is 1430. The number of rotatable bonds is 3. The molecular weight excluding hydrogens is 398 g/mol. The van der Waals surface area contributed by atoms with E-state index in [1.54, 1.807) is 12.1 Å². The molecule has 0 saturated carbocycles. The molecule has 0 saturated heterocycles. The van der Waals surface area contributed by atoms with Crippen LogP contribution in [0, 0.1) is 0 Å². The monoisotopic (exact) mass is 413 g/mol. The summed E-state index contributed by atoms with van der Waals surface area (Å²) in [5.41, 5.74) is 10.1. The molecule has 2 heterocycles. The molecule has 6 nitrogen and oxygen atoms in total. The van der Waals surface area contributed by atoms with Crippen LogP contribution in [0.15, 0.2) is 72.9 Å². The number of nitrogens with one attached hydrogen (secondary N) is 2. The van der Waals surface area contributed by atoms with Crippen LogP contribution in [0.3, 0.4) is 0 Å². The second kappa shape index (κ2) is 7.17. The number of para-hydroxylation sites is 1. The van der Waals surface area contributed by atoms with Gasteiger partial charge in [0, 0.05) is 33.2 Å². The highest BCUT2D eigenvalue weighted by Crippen LogP contribution is 2.30. The highest BCUT2D eigenvalue weighted by Gasteiger charge is 2.13. The molecule has 5 rings (SSSR count). The predicted octanol–water partition coefficient (Wildman–Crippen LogP) is 5.27. The van der Waals surface area contributed by atoms with Crippen molar-refractivity contribution in [1.29, 1.82) is 0 Å². The first kappa shape index (κ1) is 18.1. The van der Waals surface area contributed by atoms with Gasteiger partial charge in [0.15, 0.2) is 0 Å². The lowest BCUT2D eigenvalue weighted by Gasteiger charge is -2.10. The highest BCUT2D eigenvalue weighted by molar-refractivity contribution is 6.31. The molecule has 2 aromatic heterocycles. The van der Waals surface area contributed by atoms with Gasteiger partial charge in [0.1, 0.15) is 0 Å². The molecule has 0 bridgehead atoms. The number of aromatic nitrogens is 3. The largest absolute Gasteiger partial charge is 0.368 e. The van der Waals surface area contributed by atoms with Gasteiger partial charge in [-0.15, -0.1) is 0 Å². The van der Waals surface area contributed by atoms with Crippen LogP contribution >= 0.6 is 11.6 Å². The normalized spacial score (nSPS) is 11.1. The van der Waals surface area contributed by atoms with Gasteiger partial charge in [-0.2, -0.15) is 0 Å². The smallest absolute Gasteiger partial charge is 0.257 e. The molecule has 0 radical (unpaired) electrons. The highest BCUT2D eigenvalue weighted by atomic mass is 35.5. The molecule has 0 aliphatic heterocycles. The number of nitrogens with zero attached hydrogens (tertiary/aromatic N) is 2. The summed E-state index contributed by atoms with van der Waals surface area (Å²) in [6, 6.07) is 20.4. The minimum Gasteiger partial charge on any atom is -0.368 e. The molecule has 30 heavy (non-hydrogen) atoms. The zero-order chi connectivity index (χ0) is 20.7. The number of H-pyrrole nitrogens is 1. The summed E-state index contributed by atoms with van der Waals surface area (Å²) in [6.07, 6.45) is 1.82. The number of halogens is 1. The van der Waals surface area contributed by atoms with Gasteiger partial charge >= 0.3 is 0 Å². The van der Waals surface area contributed by atoms with Crippen LogP contribution in [0.5, 0.6) is 0 Å². The van der Waals surface area contributed by atoms with Gasteiger partial charge in [-0.3, -0.25) is 4.79 Å². The predicted molar refractivity (Wildman–Crippen MR) is 121 cm³/mol. The van der Waals surface area contributed by atoms with Crippen molar-refractivity contribution in [3.8, 4) is 11.3 Å². The number of carbonyl (C=O) groups is 1. The Balaban J connectivity index is 1.54. The van der Waals surface area contributed by atoms with E-state index >= 15 is 0 Å². The molecule has 0 atom stereocenters. The Morgan fingerprint density at radius 3 is 2.77 bits per heavy atom. The molecular formula is C23H16ClN5O. The van der Waals surface area contributed by atoms with Crippen LogP contribution in [0.4, 0.5) is 11.6 Å². The Hall–Kier alpha value is -3.90. The summed E-state index contributed by atoms with van der Waals surface area (Å²) < 4.78 is 0. The van der Waals surface area contributed by atoms with Crippen LogP contribution in [0.1, 0.15) is 10.4 Å². The van der Waals surface area contributed by atoms with Crippen molar-refractivity contribution in [1.82, 2.24) is 15.0 Å². The number of hydrogen-bond donors (Lipinski definition) is 3. The summed E-state index contributed by atoms with van der Waals surface area (Å²) in [7, 11) is 0. The zero-order valence-corrected chi connectivity index (χ0v) is 16.4. The Labute approximate surface area is 176 Å². The van der Waals surface area contributed by atoms with Crippen molar-refractivity contribution in [3.63, 3.8) is 0 Å². The summed E-state index contributed by atoms with van der Waals surface area (Å²) in [4.78, 5) is 24.7. The number of hydrogen-bond acceptors (Lipinski definition) is 4. The third-order valence-corrected chi connectivity index (χ3v) is 5.14. The average Bonchev–Trinajstić information content (AvgIpc) is 3.22. The summed E-state index contributed by atoms with van der Waals surface area (Å²) in [5, 5.41) is 5.32. The van der Waals surface area contributed by atoms with E-state index < -0.39 is 0 Å². The maximum Gasteiger partial charge on any atom is 0.257 e. The number of nitrogens with two attached hydrogens (primary N) is 1. The van der Waals surface area contributed by atoms with Crippen molar-refractivity contribution < 1.29 is 4.79 Å². The second-order valence-corrected chi connectivity index (χ2v) is 7.31. The SMILES string of the molecule is Nc1nc(-c2cccc(NC(=O)c3cccc4cc[nH]c34)c2)c2cc(Cl)ccc2n1. The topological polar surface area (TPSA) is 96.7 Å². The summed E-state index contributed by atoms with van der Waals surface area (Å²) in [6.45, 7) is 0. The number of benzene rings is 3. The number of amides is 1. The second-order valence-electron chi connectivity index (χ2n) is 6.87. The molecule has 0 aliphatic rings. The van der Waals surface area contributed by atoms with Crippen LogP contribution < -0.4 is 11.1 Å². The Kier molecular flexibility index (Phi) is 4.34. The minimum atomic E-state index is -0.199. The first-order valence-corrected chi connectivity index (χ1v) is 9.67. The van der Waals surface area contributed by atoms with Gasteiger partial charge in [0.25, 0.3) is 5.91 Å². The van der Waals surface area contributed by atoms with Gasteiger partial charge in [-0.1, -0.05) is 35.9 Å². The van der Waals surface area contributed by atoms with E-state index in [1.165, 1.54) is 0 Å². The molecule has 0 aliphatic carbocycles. The number of carbonyl (C=O) groups excluding carboxylic acids is 1. The van der Waals surface area contributed by atoms with E-state index in [1.807, 2.05) is 60.8 Å². The third-order valence-electron chi connectivity index (χ3n) is 4.90. The summed E-state index contributed by atoms with van der Waals surface area (Å²) in [5.74, 6) is -0.0250. The quantitative estimate of drug-likeness (QED) is 0.375. The molecule has 1 amide bonds. The first-order valence-electron chi connectivity index (χ1n) is 9.29. The standard InChI is InChI=1S/C23H16ClN5O/c24-15-7-8-19-18(12-15)21(29-23(25)28-19)14-4-1-5-16(11-14)27-22(30)17-6-2-3-13-9-10-26-20(13)17/h1-12,26H,(H,27,30)(H2,25,28,29). The van der Waals surface area contributed by atoms with Crippen molar-refractivity contribution >= 4 is 50.9 Å². The molecule has 3 aromatic carbocycles. The van der Waals surface area contributed by atoms with Crippen molar-refractivity contribution in [2.45, 2.75) is 0 Å². The molecule has 0 fully saturated rings. The van der Waals surface area contributed by atoms with E-state index in [0.29, 0.717) is 27.5 Å². The van der Waals surface area contributed by atoms with Gasteiger partial charge < -0.3 is 16.0 Å². The zero-order valence-electron chi connectivity index (χ0n) is 15.7. The van der Waals surface area contributed by atoms with Crippen molar-refractivity contribution in [2.75, 3.05) is 11.1 Å². The van der Waals surface area contributed by atoms with Gasteiger partial charge in [-0.25, -0.2) is 9.97 Å². The lowest BCUT2D eigenvalue weighted by atomic mass is 10.1. The summed E-state index contributed by atoms with van der Waals surface area (Å²) >= 11 is 6.18.